The van der Waals surface area contributed by atoms with E-state index in [0.29, 0.717) is 5.91 Å². The molecule has 2 amide bonds. The van der Waals surface area contributed by atoms with Crippen LogP contribution in [0.25, 0.3) is 0 Å². The maximum atomic E-state index is 12.7. The van der Waals surface area contributed by atoms with Crippen LogP contribution in [0.4, 0.5) is 0 Å². The van der Waals surface area contributed by atoms with E-state index in [4.69, 9.17) is 0 Å². The fourth-order valence-electron chi connectivity index (χ4n) is 3.48. The van der Waals surface area contributed by atoms with Crippen molar-refractivity contribution in [3.63, 3.8) is 0 Å². The van der Waals surface area contributed by atoms with Crippen molar-refractivity contribution in [2.24, 2.45) is 11.8 Å². The Hall–Kier alpha value is -1.10. The first-order valence-corrected chi connectivity index (χ1v) is 9.70. The Kier molecular flexibility index (Phi) is 9.99. The molecule has 1 N–H and O–H groups in total. The summed E-state index contributed by atoms with van der Waals surface area (Å²) in [5.41, 5.74) is 0. The van der Waals surface area contributed by atoms with Gasteiger partial charge in [-0.3, -0.25) is 9.59 Å². The minimum Gasteiger partial charge on any atom is -0.356 e. The van der Waals surface area contributed by atoms with Crippen LogP contribution < -0.4 is 5.32 Å². The number of carbonyl (C=O) groups is 2. The molecule has 0 aromatic rings. The second kappa shape index (κ2) is 11.5. The van der Waals surface area contributed by atoms with E-state index in [1.54, 1.807) is 0 Å². The van der Waals surface area contributed by atoms with Gasteiger partial charge in [0, 0.05) is 31.5 Å². The smallest absolute Gasteiger partial charge is 0.225 e. The summed E-state index contributed by atoms with van der Waals surface area (Å²) in [5.74, 6) is 0.710. The predicted molar refractivity (Wildman–Crippen MR) is 98.8 cm³/mol. The lowest BCUT2D eigenvalue weighted by Gasteiger charge is -2.31. The predicted octanol–water partition coefficient (Wildman–Crippen LogP) is 2.51. The third kappa shape index (κ3) is 7.20. The van der Waals surface area contributed by atoms with Crippen molar-refractivity contribution in [1.82, 2.24) is 15.1 Å². The highest BCUT2D eigenvalue weighted by Gasteiger charge is 2.31. The normalized spacial score (nSPS) is 20.9. The maximum Gasteiger partial charge on any atom is 0.225 e. The van der Waals surface area contributed by atoms with E-state index < -0.39 is 0 Å². The molecule has 5 heteroatoms. The Bertz CT molecular complexity index is 371. The van der Waals surface area contributed by atoms with Crippen LogP contribution in [0.15, 0.2) is 0 Å². The SMILES string of the molecule is CCCN(CCC)C(=O)C1CCC(C(=O)NCCCN(C)C)CC1. The molecule has 24 heavy (non-hydrogen) atoms. The van der Waals surface area contributed by atoms with E-state index in [9.17, 15) is 9.59 Å². The molecule has 1 saturated carbocycles. The number of hydrogen-bond donors (Lipinski definition) is 1. The number of amides is 2. The Morgan fingerprint density at radius 2 is 1.46 bits per heavy atom. The van der Waals surface area contributed by atoms with Gasteiger partial charge in [0.05, 0.1) is 0 Å². The molecule has 1 rings (SSSR count). The molecule has 0 aromatic heterocycles. The summed E-state index contributed by atoms with van der Waals surface area (Å²) in [4.78, 5) is 29.0. The zero-order valence-corrected chi connectivity index (χ0v) is 16.1. The van der Waals surface area contributed by atoms with E-state index in [2.05, 4.69) is 24.1 Å². The van der Waals surface area contributed by atoms with Crippen LogP contribution in [0.2, 0.25) is 0 Å². The topological polar surface area (TPSA) is 52.7 Å². The summed E-state index contributed by atoms with van der Waals surface area (Å²) in [5, 5.41) is 3.05. The Labute approximate surface area is 148 Å². The first-order valence-electron chi connectivity index (χ1n) is 9.70. The van der Waals surface area contributed by atoms with Gasteiger partial charge in [0.2, 0.25) is 11.8 Å². The van der Waals surface area contributed by atoms with E-state index in [1.165, 1.54) is 0 Å². The summed E-state index contributed by atoms with van der Waals surface area (Å²) in [6.45, 7) is 7.70. The Balaban J connectivity index is 2.34. The van der Waals surface area contributed by atoms with E-state index in [0.717, 1.165) is 71.1 Å². The third-order valence-electron chi connectivity index (χ3n) is 4.83. The molecule has 0 atom stereocenters. The first-order chi connectivity index (χ1) is 11.5. The highest BCUT2D eigenvalue weighted by Crippen LogP contribution is 2.30. The molecular weight excluding hydrogens is 302 g/mol. The van der Waals surface area contributed by atoms with E-state index in [-0.39, 0.29) is 17.7 Å². The zero-order valence-electron chi connectivity index (χ0n) is 16.1. The summed E-state index contributed by atoms with van der Waals surface area (Å²) in [7, 11) is 4.08. The van der Waals surface area contributed by atoms with E-state index in [1.807, 2.05) is 19.0 Å². The van der Waals surface area contributed by atoms with Crippen LogP contribution in [0.3, 0.4) is 0 Å². The standard InChI is InChI=1S/C19H37N3O2/c1-5-13-22(14-6-2)19(24)17-10-8-16(9-11-17)18(23)20-12-7-15-21(3)4/h16-17H,5-15H2,1-4H3,(H,20,23). The molecule has 0 spiro atoms. The monoisotopic (exact) mass is 339 g/mol. The molecule has 0 radical (unpaired) electrons. The van der Waals surface area contributed by atoms with E-state index >= 15 is 0 Å². The van der Waals surface area contributed by atoms with Crippen molar-refractivity contribution in [3.05, 3.63) is 0 Å². The average molecular weight is 340 g/mol. The molecule has 0 aliphatic heterocycles. The average Bonchev–Trinajstić information content (AvgIpc) is 2.57. The van der Waals surface area contributed by atoms with Gasteiger partial charge in [0.1, 0.15) is 0 Å². The maximum absolute atomic E-state index is 12.7. The van der Waals surface area contributed by atoms with Crippen molar-refractivity contribution >= 4 is 11.8 Å². The largest absolute Gasteiger partial charge is 0.356 e. The molecule has 0 unspecified atom stereocenters. The van der Waals surface area contributed by atoms with Crippen LogP contribution in [0.1, 0.15) is 58.8 Å². The molecular formula is C19H37N3O2. The first kappa shape index (κ1) is 20.9. The van der Waals surface area contributed by atoms with Crippen LogP contribution in [0.5, 0.6) is 0 Å². The number of rotatable bonds is 10. The van der Waals surface area contributed by atoms with Crippen molar-refractivity contribution < 1.29 is 9.59 Å². The van der Waals surface area contributed by atoms with Gasteiger partial charge in [-0.25, -0.2) is 0 Å². The second-order valence-electron chi connectivity index (χ2n) is 7.32. The Morgan fingerprint density at radius 1 is 0.917 bits per heavy atom. The highest BCUT2D eigenvalue weighted by atomic mass is 16.2. The summed E-state index contributed by atoms with van der Waals surface area (Å²) in [6, 6.07) is 0. The zero-order chi connectivity index (χ0) is 17.9. The molecule has 1 fully saturated rings. The highest BCUT2D eigenvalue weighted by molar-refractivity contribution is 5.81. The van der Waals surface area contributed by atoms with Crippen LogP contribution in [-0.4, -0.2) is 61.9 Å². The van der Waals surface area contributed by atoms with Gasteiger partial charge in [-0.05, 0) is 65.6 Å². The molecule has 1 aliphatic rings. The van der Waals surface area contributed by atoms with Crippen LogP contribution in [0, 0.1) is 11.8 Å². The van der Waals surface area contributed by atoms with Gasteiger partial charge >= 0.3 is 0 Å². The van der Waals surface area contributed by atoms with Gasteiger partial charge in [-0.2, -0.15) is 0 Å². The Morgan fingerprint density at radius 3 is 1.96 bits per heavy atom. The fraction of sp³-hybridized carbons (Fsp3) is 0.895. The molecule has 0 bridgehead atoms. The van der Waals surface area contributed by atoms with Gasteiger partial charge in [0.15, 0.2) is 0 Å². The summed E-state index contributed by atoms with van der Waals surface area (Å²) >= 11 is 0. The van der Waals surface area contributed by atoms with Gasteiger partial charge in [-0.15, -0.1) is 0 Å². The lowest BCUT2D eigenvalue weighted by Crippen LogP contribution is -2.40. The fourth-order valence-corrected chi connectivity index (χ4v) is 3.48. The quantitative estimate of drug-likeness (QED) is 0.622. The lowest BCUT2D eigenvalue weighted by molar-refractivity contribution is -0.138. The van der Waals surface area contributed by atoms with Gasteiger partial charge in [0.25, 0.3) is 0 Å². The molecule has 1 aliphatic carbocycles. The van der Waals surface area contributed by atoms with Crippen molar-refractivity contribution in [2.75, 3.05) is 40.3 Å². The van der Waals surface area contributed by atoms with Crippen molar-refractivity contribution in [1.29, 1.82) is 0 Å². The molecule has 5 nitrogen and oxygen atoms in total. The van der Waals surface area contributed by atoms with Crippen LogP contribution in [-0.2, 0) is 9.59 Å². The molecule has 0 saturated heterocycles. The number of carbonyl (C=O) groups excluding carboxylic acids is 2. The molecule has 0 heterocycles. The van der Waals surface area contributed by atoms with Gasteiger partial charge < -0.3 is 15.1 Å². The van der Waals surface area contributed by atoms with Crippen molar-refractivity contribution in [3.8, 4) is 0 Å². The number of nitrogens with zero attached hydrogens (tertiary/aromatic N) is 2. The van der Waals surface area contributed by atoms with Crippen LogP contribution >= 0.6 is 0 Å². The lowest BCUT2D eigenvalue weighted by atomic mass is 9.81. The number of nitrogens with one attached hydrogen (secondary N) is 1. The second-order valence-corrected chi connectivity index (χ2v) is 7.32. The minimum absolute atomic E-state index is 0.0965. The summed E-state index contributed by atoms with van der Waals surface area (Å²) in [6.07, 6.45) is 6.42. The molecule has 0 aromatic carbocycles. The summed E-state index contributed by atoms with van der Waals surface area (Å²) < 4.78 is 0. The third-order valence-corrected chi connectivity index (χ3v) is 4.83. The minimum atomic E-state index is 0.0965. The van der Waals surface area contributed by atoms with Crippen molar-refractivity contribution in [2.45, 2.75) is 58.8 Å². The van der Waals surface area contributed by atoms with Gasteiger partial charge in [-0.1, -0.05) is 13.8 Å². The number of hydrogen-bond acceptors (Lipinski definition) is 3. The molecule has 140 valence electrons.